The van der Waals surface area contributed by atoms with Gasteiger partial charge in [0, 0.05) is 5.56 Å². The molecule has 1 heterocycles. The predicted octanol–water partition coefficient (Wildman–Crippen LogP) is 2.81. The van der Waals surface area contributed by atoms with Gasteiger partial charge in [-0.15, -0.1) is 5.10 Å². The van der Waals surface area contributed by atoms with Crippen LogP contribution in [0.3, 0.4) is 0 Å². The van der Waals surface area contributed by atoms with Crippen LogP contribution in [0.25, 0.3) is 16.9 Å². The van der Waals surface area contributed by atoms with Crippen LogP contribution in [-0.4, -0.2) is 15.0 Å². The maximum absolute atomic E-state index is 9.17. The number of nitriles is 1. The molecule has 0 aliphatic heterocycles. The molecule has 0 atom stereocenters. The zero-order valence-corrected chi connectivity index (χ0v) is 10.1. The first-order valence-corrected chi connectivity index (χ1v) is 5.87. The molecule has 0 amide bonds. The quantitative estimate of drug-likeness (QED) is 0.698. The summed E-state index contributed by atoms with van der Waals surface area (Å²) >= 11 is 0. The van der Waals surface area contributed by atoms with Gasteiger partial charge in [-0.1, -0.05) is 53.7 Å². The van der Waals surface area contributed by atoms with Crippen LogP contribution in [0.1, 0.15) is 5.69 Å². The lowest BCUT2D eigenvalue weighted by molar-refractivity contribution is 0.807. The zero-order valence-electron chi connectivity index (χ0n) is 10.1. The van der Waals surface area contributed by atoms with E-state index < -0.39 is 0 Å². The Morgan fingerprint density at radius 1 is 0.895 bits per heavy atom. The Kier molecular flexibility index (Phi) is 2.79. The van der Waals surface area contributed by atoms with Crippen molar-refractivity contribution in [1.82, 2.24) is 15.0 Å². The lowest BCUT2D eigenvalue weighted by atomic mass is 10.1. The molecule has 2 aromatic carbocycles. The van der Waals surface area contributed by atoms with Gasteiger partial charge in [-0.2, -0.15) is 5.26 Å². The minimum absolute atomic E-state index is 0.329. The monoisotopic (exact) mass is 246 g/mol. The summed E-state index contributed by atoms with van der Waals surface area (Å²) in [6.07, 6.45) is 0. The number of benzene rings is 2. The van der Waals surface area contributed by atoms with Crippen LogP contribution >= 0.6 is 0 Å². The van der Waals surface area contributed by atoms with Crippen molar-refractivity contribution in [3.05, 3.63) is 66.4 Å². The van der Waals surface area contributed by atoms with Crippen LogP contribution in [-0.2, 0) is 0 Å². The van der Waals surface area contributed by atoms with Crippen molar-refractivity contribution in [2.45, 2.75) is 0 Å². The van der Waals surface area contributed by atoms with Gasteiger partial charge in [0.05, 0.1) is 5.69 Å². The third kappa shape index (κ3) is 1.98. The van der Waals surface area contributed by atoms with Crippen LogP contribution < -0.4 is 0 Å². The molecule has 3 aromatic rings. The fraction of sp³-hybridized carbons (Fsp3) is 0. The Balaban J connectivity index is 2.24. The summed E-state index contributed by atoms with van der Waals surface area (Å²) in [5.74, 6) is 0. The molecule has 0 saturated carbocycles. The summed E-state index contributed by atoms with van der Waals surface area (Å²) in [5.41, 5.74) is 2.85. The topological polar surface area (TPSA) is 54.5 Å². The maximum atomic E-state index is 9.17. The molecular formula is C15H10N4. The highest BCUT2D eigenvalue weighted by Crippen LogP contribution is 2.24. The predicted molar refractivity (Wildman–Crippen MR) is 71.5 cm³/mol. The van der Waals surface area contributed by atoms with Gasteiger partial charge < -0.3 is 0 Å². The second-order valence-electron chi connectivity index (χ2n) is 4.01. The Morgan fingerprint density at radius 3 is 2.16 bits per heavy atom. The van der Waals surface area contributed by atoms with E-state index in [2.05, 4.69) is 16.4 Å². The van der Waals surface area contributed by atoms with Gasteiger partial charge in [-0.05, 0) is 12.1 Å². The average Bonchev–Trinajstić information content (AvgIpc) is 2.93. The molecule has 1 aromatic heterocycles. The lowest BCUT2D eigenvalue weighted by Crippen LogP contribution is -1.99. The third-order valence-corrected chi connectivity index (χ3v) is 2.82. The molecule has 19 heavy (non-hydrogen) atoms. The molecule has 0 aliphatic rings. The van der Waals surface area contributed by atoms with E-state index in [9.17, 15) is 5.26 Å². The Hall–Kier alpha value is -2.93. The number of para-hydroxylation sites is 1. The molecule has 4 heteroatoms. The number of aromatic nitrogens is 3. The van der Waals surface area contributed by atoms with Gasteiger partial charge in [0.2, 0.25) is 0 Å². The number of hydrogen-bond acceptors (Lipinski definition) is 3. The van der Waals surface area contributed by atoms with E-state index in [0.29, 0.717) is 11.4 Å². The van der Waals surface area contributed by atoms with Crippen molar-refractivity contribution < 1.29 is 0 Å². The molecule has 0 radical (unpaired) electrons. The normalized spacial score (nSPS) is 10.1. The van der Waals surface area contributed by atoms with E-state index in [0.717, 1.165) is 11.3 Å². The first-order valence-electron chi connectivity index (χ1n) is 5.87. The van der Waals surface area contributed by atoms with Crippen LogP contribution in [0.4, 0.5) is 0 Å². The molecule has 0 bridgehead atoms. The van der Waals surface area contributed by atoms with Gasteiger partial charge in [-0.3, -0.25) is 0 Å². The molecule has 0 fully saturated rings. The van der Waals surface area contributed by atoms with Crippen molar-refractivity contribution >= 4 is 0 Å². The van der Waals surface area contributed by atoms with Gasteiger partial charge in [0.25, 0.3) is 0 Å². The second kappa shape index (κ2) is 4.75. The van der Waals surface area contributed by atoms with Gasteiger partial charge in [-0.25, -0.2) is 4.68 Å². The number of nitrogens with zero attached hydrogens (tertiary/aromatic N) is 4. The highest BCUT2D eigenvalue weighted by Gasteiger charge is 2.15. The van der Waals surface area contributed by atoms with E-state index >= 15 is 0 Å². The maximum Gasteiger partial charge on any atom is 0.191 e. The first-order chi connectivity index (χ1) is 9.40. The molecule has 0 unspecified atom stereocenters. The molecular weight excluding hydrogens is 236 g/mol. The van der Waals surface area contributed by atoms with Crippen molar-refractivity contribution in [1.29, 1.82) is 5.26 Å². The Bertz CT molecular complexity index is 724. The lowest BCUT2D eigenvalue weighted by Gasteiger charge is -2.06. The van der Waals surface area contributed by atoms with Gasteiger partial charge >= 0.3 is 0 Å². The summed E-state index contributed by atoms with van der Waals surface area (Å²) in [6.45, 7) is 0. The van der Waals surface area contributed by atoms with Crippen molar-refractivity contribution in [2.24, 2.45) is 0 Å². The minimum Gasteiger partial charge on any atom is -0.211 e. The van der Waals surface area contributed by atoms with E-state index in [1.54, 1.807) is 4.68 Å². The molecule has 0 spiro atoms. The van der Waals surface area contributed by atoms with E-state index in [1.165, 1.54) is 0 Å². The average molecular weight is 246 g/mol. The fourth-order valence-electron chi connectivity index (χ4n) is 1.96. The smallest absolute Gasteiger partial charge is 0.191 e. The number of rotatable bonds is 2. The minimum atomic E-state index is 0.329. The molecule has 3 rings (SSSR count). The molecule has 0 saturated heterocycles. The Labute approximate surface area is 110 Å². The fourth-order valence-corrected chi connectivity index (χ4v) is 1.96. The van der Waals surface area contributed by atoms with E-state index in [-0.39, 0.29) is 0 Å². The molecule has 4 nitrogen and oxygen atoms in total. The van der Waals surface area contributed by atoms with Gasteiger partial charge in [0.1, 0.15) is 11.8 Å². The first kappa shape index (κ1) is 11.2. The third-order valence-electron chi connectivity index (χ3n) is 2.82. The second-order valence-corrected chi connectivity index (χ2v) is 4.01. The summed E-state index contributed by atoms with van der Waals surface area (Å²) < 4.78 is 1.69. The summed E-state index contributed by atoms with van der Waals surface area (Å²) in [5, 5.41) is 17.2. The SMILES string of the molecule is N#Cc1nnn(-c2ccccc2)c1-c1ccccc1. The van der Waals surface area contributed by atoms with Crippen LogP contribution in [0.15, 0.2) is 60.7 Å². The molecule has 90 valence electrons. The van der Waals surface area contributed by atoms with Crippen LogP contribution in [0, 0.1) is 11.3 Å². The van der Waals surface area contributed by atoms with Crippen LogP contribution in [0.5, 0.6) is 0 Å². The number of hydrogen-bond donors (Lipinski definition) is 0. The van der Waals surface area contributed by atoms with E-state index in [4.69, 9.17) is 0 Å². The molecule has 0 N–H and O–H groups in total. The zero-order chi connectivity index (χ0) is 13.1. The highest BCUT2D eigenvalue weighted by atomic mass is 15.4. The summed E-state index contributed by atoms with van der Waals surface area (Å²) in [4.78, 5) is 0. The Morgan fingerprint density at radius 2 is 1.53 bits per heavy atom. The molecule has 0 aliphatic carbocycles. The van der Waals surface area contributed by atoms with E-state index in [1.807, 2.05) is 60.7 Å². The largest absolute Gasteiger partial charge is 0.211 e. The standard InChI is InChI=1S/C15H10N4/c16-11-14-15(12-7-3-1-4-8-12)19(18-17-14)13-9-5-2-6-10-13/h1-10H. The van der Waals surface area contributed by atoms with Crippen molar-refractivity contribution in [3.8, 4) is 23.0 Å². The summed E-state index contributed by atoms with van der Waals surface area (Å²) in [6, 6.07) is 21.4. The summed E-state index contributed by atoms with van der Waals surface area (Å²) in [7, 11) is 0. The van der Waals surface area contributed by atoms with Crippen LogP contribution in [0.2, 0.25) is 0 Å². The highest BCUT2D eigenvalue weighted by molar-refractivity contribution is 5.66. The van der Waals surface area contributed by atoms with Crippen molar-refractivity contribution in [3.63, 3.8) is 0 Å². The van der Waals surface area contributed by atoms with Crippen molar-refractivity contribution in [2.75, 3.05) is 0 Å². The van der Waals surface area contributed by atoms with Gasteiger partial charge in [0.15, 0.2) is 5.69 Å².